The average molecular weight is 297 g/mol. The number of nitrogens with one attached hydrogen (secondary N) is 1. The summed E-state index contributed by atoms with van der Waals surface area (Å²) in [5.41, 5.74) is 0.765. The zero-order chi connectivity index (χ0) is 15.7. The number of hydrogen-bond acceptors (Lipinski definition) is 2. The van der Waals surface area contributed by atoms with Crippen LogP contribution in [-0.2, 0) is 12.7 Å². The maximum atomic E-state index is 12.5. The van der Waals surface area contributed by atoms with E-state index in [0.717, 1.165) is 17.8 Å². The lowest BCUT2D eigenvalue weighted by atomic mass is 10.1. The first-order valence-electron chi connectivity index (χ1n) is 6.62. The summed E-state index contributed by atoms with van der Waals surface area (Å²) in [6, 6.07) is 6.79. The molecular formula is C15H18F3N3. The summed E-state index contributed by atoms with van der Waals surface area (Å²) in [5, 5.41) is 7.66. The molecule has 0 aliphatic rings. The second-order valence-corrected chi connectivity index (χ2v) is 5.90. The molecule has 0 bridgehead atoms. The monoisotopic (exact) mass is 297 g/mol. The Hall–Kier alpha value is -1.82. The van der Waals surface area contributed by atoms with Gasteiger partial charge in [0.25, 0.3) is 0 Å². The second kappa shape index (κ2) is 5.52. The highest BCUT2D eigenvalue weighted by atomic mass is 19.4. The standard InChI is InChI=1S/C15H18F3N3/c1-14(2,3)19-10-12-8-9-21(20-12)13-6-4-11(5-7-13)15(16,17)18/h4-9,19H,10H2,1-3H3. The minimum Gasteiger partial charge on any atom is -0.306 e. The minimum atomic E-state index is -4.32. The number of aromatic nitrogens is 2. The molecule has 114 valence electrons. The van der Waals surface area contributed by atoms with E-state index >= 15 is 0 Å². The molecule has 0 aliphatic heterocycles. The first-order chi connectivity index (χ1) is 9.65. The third-order valence-corrected chi connectivity index (χ3v) is 2.90. The summed E-state index contributed by atoms with van der Waals surface area (Å²) in [5.74, 6) is 0. The molecule has 0 saturated heterocycles. The molecule has 1 aromatic carbocycles. The van der Waals surface area contributed by atoms with Crippen LogP contribution in [0.1, 0.15) is 32.0 Å². The van der Waals surface area contributed by atoms with E-state index in [2.05, 4.69) is 31.2 Å². The van der Waals surface area contributed by atoms with E-state index in [1.54, 1.807) is 10.9 Å². The first kappa shape index (κ1) is 15.6. The molecule has 21 heavy (non-hydrogen) atoms. The van der Waals surface area contributed by atoms with Gasteiger partial charge in [-0.2, -0.15) is 18.3 Å². The Kier molecular flexibility index (Phi) is 4.09. The van der Waals surface area contributed by atoms with Gasteiger partial charge in [0.2, 0.25) is 0 Å². The maximum absolute atomic E-state index is 12.5. The average Bonchev–Trinajstić information content (AvgIpc) is 2.83. The Morgan fingerprint density at radius 3 is 2.19 bits per heavy atom. The van der Waals surface area contributed by atoms with Crippen LogP contribution in [0.3, 0.4) is 0 Å². The molecule has 3 nitrogen and oxygen atoms in total. The molecule has 0 radical (unpaired) electrons. The van der Waals surface area contributed by atoms with Crippen molar-refractivity contribution >= 4 is 0 Å². The maximum Gasteiger partial charge on any atom is 0.416 e. The molecule has 0 fully saturated rings. The van der Waals surface area contributed by atoms with E-state index in [0.29, 0.717) is 12.2 Å². The van der Waals surface area contributed by atoms with Gasteiger partial charge in [-0.3, -0.25) is 0 Å². The van der Waals surface area contributed by atoms with Gasteiger partial charge in [-0.1, -0.05) is 0 Å². The fraction of sp³-hybridized carbons (Fsp3) is 0.400. The largest absolute Gasteiger partial charge is 0.416 e. The van der Waals surface area contributed by atoms with Crippen molar-refractivity contribution in [3.8, 4) is 5.69 Å². The molecule has 0 unspecified atom stereocenters. The molecular weight excluding hydrogens is 279 g/mol. The van der Waals surface area contributed by atoms with Gasteiger partial charge in [0.1, 0.15) is 0 Å². The van der Waals surface area contributed by atoms with Crippen LogP contribution < -0.4 is 5.32 Å². The Labute approximate surface area is 121 Å². The quantitative estimate of drug-likeness (QED) is 0.934. The van der Waals surface area contributed by atoms with E-state index in [-0.39, 0.29) is 5.54 Å². The van der Waals surface area contributed by atoms with Crippen molar-refractivity contribution in [1.29, 1.82) is 0 Å². The number of halogens is 3. The van der Waals surface area contributed by atoms with Gasteiger partial charge in [-0.05, 0) is 51.1 Å². The predicted molar refractivity (Wildman–Crippen MR) is 75.2 cm³/mol. The van der Waals surface area contributed by atoms with E-state index in [4.69, 9.17) is 0 Å². The van der Waals surface area contributed by atoms with Gasteiger partial charge in [-0.25, -0.2) is 4.68 Å². The second-order valence-electron chi connectivity index (χ2n) is 5.90. The summed E-state index contributed by atoms with van der Waals surface area (Å²) in [6.45, 7) is 6.77. The summed E-state index contributed by atoms with van der Waals surface area (Å²) < 4.78 is 39.1. The van der Waals surface area contributed by atoms with Gasteiger partial charge < -0.3 is 5.32 Å². The van der Waals surface area contributed by atoms with Gasteiger partial charge in [0, 0.05) is 18.3 Å². The molecule has 0 spiro atoms. The molecule has 0 aliphatic carbocycles. The topological polar surface area (TPSA) is 29.9 Å². The molecule has 0 atom stereocenters. The Morgan fingerprint density at radius 2 is 1.67 bits per heavy atom. The Bertz CT molecular complexity index is 592. The van der Waals surface area contributed by atoms with Crippen molar-refractivity contribution in [3.05, 3.63) is 47.8 Å². The molecule has 2 aromatic rings. The summed E-state index contributed by atoms with van der Waals surface area (Å²) in [4.78, 5) is 0. The van der Waals surface area contributed by atoms with Crippen LogP contribution in [0.15, 0.2) is 36.5 Å². The van der Waals surface area contributed by atoms with Crippen molar-refractivity contribution in [2.75, 3.05) is 0 Å². The summed E-state index contributed by atoms with van der Waals surface area (Å²) in [6.07, 6.45) is -2.58. The third kappa shape index (κ3) is 4.32. The number of benzene rings is 1. The van der Waals surface area contributed by atoms with Gasteiger partial charge >= 0.3 is 6.18 Å². The molecule has 1 N–H and O–H groups in total. The summed E-state index contributed by atoms with van der Waals surface area (Å²) >= 11 is 0. The van der Waals surface area contributed by atoms with Crippen molar-refractivity contribution in [3.63, 3.8) is 0 Å². The molecule has 1 aromatic heterocycles. The number of rotatable bonds is 3. The third-order valence-electron chi connectivity index (χ3n) is 2.90. The smallest absolute Gasteiger partial charge is 0.306 e. The Balaban J connectivity index is 2.11. The fourth-order valence-electron chi connectivity index (χ4n) is 1.76. The molecule has 6 heteroatoms. The highest BCUT2D eigenvalue weighted by Gasteiger charge is 2.30. The van der Waals surface area contributed by atoms with Crippen LogP contribution in [0.4, 0.5) is 13.2 Å². The normalized spacial score (nSPS) is 12.7. The lowest BCUT2D eigenvalue weighted by Crippen LogP contribution is -2.35. The van der Waals surface area contributed by atoms with Gasteiger partial charge in [-0.15, -0.1) is 0 Å². The van der Waals surface area contributed by atoms with Gasteiger partial charge in [0.05, 0.1) is 16.9 Å². The van der Waals surface area contributed by atoms with Crippen LogP contribution >= 0.6 is 0 Å². The van der Waals surface area contributed by atoms with Crippen molar-refractivity contribution in [1.82, 2.24) is 15.1 Å². The van der Waals surface area contributed by atoms with Crippen molar-refractivity contribution in [2.45, 2.75) is 39.0 Å². The van der Waals surface area contributed by atoms with Crippen LogP contribution in [0.2, 0.25) is 0 Å². The lowest BCUT2D eigenvalue weighted by molar-refractivity contribution is -0.137. The first-order valence-corrected chi connectivity index (χ1v) is 6.62. The number of alkyl halides is 3. The van der Waals surface area contributed by atoms with Gasteiger partial charge in [0.15, 0.2) is 0 Å². The fourth-order valence-corrected chi connectivity index (χ4v) is 1.76. The highest BCUT2D eigenvalue weighted by Crippen LogP contribution is 2.29. The highest BCUT2D eigenvalue weighted by molar-refractivity contribution is 5.35. The zero-order valence-electron chi connectivity index (χ0n) is 12.2. The van der Waals surface area contributed by atoms with Crippen molar-refractivity contribution in [2.24, 2.45) is 0 Å². The molecule has 0 saturated carbocycles. The SMILES string of the molecule is CC(C)(C)NCc1ccn(-c2ccc(C(F)(F)F)cc2)n1. The lowest BCUT2D eigenvalue weighted by Gasteiger charge is -2.19. The van der Waals surface area contributed by atoms with Crippen LogP contribution in [0.25, 0.3) is 5.69 Å². The van der Waals surface area contributed by atoms with Crippen molar-refractivity contribution < 1.29 is 13.2 Å². The molecule has 1 heterocycles. The van der Waals surface area contributed by atoms with Crippen LogP contribution in [0.5, 0.6) is 0 Å². The molecule has 0 amide bonds. The number of nitrogens with zero attached hydrogens (tertiary/aromatic N) is 2. The predicted octanol–water partition coefficient (Wildman–Crippen LogP) is 3.78. The number of hydrogen-bond donors (Lipinski definition) is 1. The van der Waals surface area contributed by atoms with E-state index < -0.39 is 11.7 Å². The zero-order valence-corrected chi connectivity index (χ0v) is 12.2. The van der Waals surface area contributed by atoms with E-state index in [1.807, 2.05) is 6.07 Å². The van der Waals surface area contributed by atoms with E-state index in [1.165, 1.54) is 12.1 Å². The summed E-state index contributed by atoms with van der Waals surface area (Å²) in [7, 11) is 0. The Morgan fingerprint density at radius 1 is 1.05 bits per heavy atom. The van der Waals surface area contributed by atoms with Crippen LogP contribution in [0, 0.1) is 0 Å². The molecule has 2 rings (SSSR count). The van der Waals surface area contributed by atoms with Crippen LogP contribution in [-0.4, -0.2) is 15.3 Å². The minimum absolute atomic E-state index is 0.0157. The van der Waals surface area contributed by atoms with E-state index in [9.17, 15) is 13.2 Å².